The molecule has 0 fully saturated rings. The SMILES string of the molecule is Cc1nc(=S)cc(-c2cccnc2)[nH]1. The van der Waals surface area contributed by atoms with Crippen molar-refractivity contribution >= 4 is 12.2 Å². The largest absolute Gasteiger partial charge is 0.343 e. The van der Waals surface area contributed by atoms with Crippen molar-refractivity contribution in [2.75, 3.05) is 0 Å². The Balaban J connectivity index is 2.58. The number of aryl methyl sites for hydroxylation is 1. The molecule has 0 unspecified atom stereocenters. The highest BCUT2D eigenvalue weighted by atomic mass is 32.1. The predicted octanol–water partition coefficient (Wildman–Crippen LogP) is 2.51. The van der Waals surface area contributed by atoms with Gasteiger partial charge >= 0.3 is 0 Å². The maximum absolute atomic E-state index is 5.04. The van der Waals surface area contributed by atoms with E-state index < -0.39 is 0 Å². The number of nitrogens with one attached hydrogen (secondary N) is 1. The minimum Gasteiger partial charge on any atom is -0.343 e. The molecule has 0 saturated carbocycles. The maximum atomic E-state index is 5.04. The number of nitrogens with zero attached hydrogens (tertiary/aromatic N) is 2. The average Bonchev–Trinajstić information content (AvgIpc) is 2.18. The highest BCUT2D eigenvalue weighted by Gasteiger charge is 1.98. The molecule has 0 saturated heterocycles. The Morgan fingerprint density at radius 3 is 2.93 bits per heavy atom. The lowest BCUT2D eigenvalue weighted by Gasteiger charge is -2.01. The van der Waals surface area contributed by atoms with E-state index in [0.717, 1.165) is 17.1 Å². The molecule has 0 amide bonds. The van der Waals surface area contributed by atoms with Crippen LogP contribution in [0.15, 0.2) is 30.6 Å². The molecule has 0 aliphatic rings. The fraction of sp³-hybridized carbons (Fsp3) is 0.100. The summed E-state index contributed by atoms with van der Waals surface area (Å²) >= 11 is 5.04. The first-order valence-electron chi connectivity index (χ1n) is 4.24. The topological polar surface area (TPSA) is 41.6 Å². The lowest BCUT2D eigenvalue weighted by molar-refractivity contribution is 1.04. The van der Waals surface area contributed by atoms with Gasteiger partial charge in [-0.1, -0.05) is 12.2 Å². The number of aromatic nitrogens is 3. The van der Waals surface area contributed by atoms with Crippen molar-refractivity contribution in [3.8, 4) is 11.3 Å². The van der Waals surface area contributed by atoms with Crippen molar-refractivity contribution in [2.24, 2.45) is 0 Å². The first-order chi connectivity index (χ1) is 6.75. The fourth-order valence-corrected chi connectivity index (χ4v) is 1.51. The summed E-state index contributed by atoms with van der Waals surface area (Å²) in [5, 5.41) is 0. The van der Waals surface area contributed by atoms with Crippen LogP contribution in [0.4, 0.5) is 0 Å². The van der Waals surface area contributed by atoms with Crippen molar-refractivity contribution in [3.05, 3.63) is 41.1 Å². The molecule has 0 aromatic carbocycles. The molecular formula is C10H9N3S. The van der Waals surface area contributed by atoms with Crippen LogP contribution in [0.25, 0.3) is 11.3 Å². The minimum absolute atomic E-state index is 0.597. The second kappa shape index (κ2) is 3.67. The zero-order valence-electron chi connectivity index (χ0n) is 7.69. The Morgan fingerprint density at radius 2 is 2.29 bits per heavy atom. The monoisotopic (exact) mass is 203 g/mol. The lowest BCUT2D eigenvalue weighted by Crippen LogP contribution is -1.91. The smallest absolute Gasteiger partial charge is 0.130 e. The molecule has 2 rings (SSSR count). The van der Waals surface area contributed by atoms with Crippen molar-refractivity contribution in [1.29, 1.82) is 0 Å². The molecular weight excluding hydrogens is 194 g/mol. The van der Waals surface area contributed by atoms with E-state index in [4.69, 9.17) is 12.2 Å². The molecule has 0 aliphatic heterocycles. The lowest BCUT2D eigenvalue weighted by atomic mass is 10.2. The van der Waals surface area contributed by atoms with Crippen molar-refractivity contribution < 1.29 is 0 Å². The predicted molar refractivity (Wildman–Crippen MR) is 57.4 cm³/mol. The number of hydrogen-bond donors (Lipinski definition) is 1. The Bertz CT molecular complexity index is 490. The number of hydrogen-bond acceptors (Lipinski definition) is 3. The fourth-order valence-electron chi connectivity index (χ4n) is 1.26. The summed E-state index contributed by atoms with van der Waals surface area (Å²) in [6.07, 6.45) is 3.53. The number of aromatic amines is 1. The van der Waals surface area contributed by atoms with Gasteiger partial charge in [0.1, 0.15) is 10.5 Å². The van der Waals surface area contributed by atoms with Gasteiger partial charge in [-0.05, 0) is 25.1 Å². The summed E-state index contributed by atoms with van der Waals surface area (Å²) < 4.78 is 0.597. The Hall–Kier alpha value is -1.55. The average molecular weight is 203 g/mol. The second-order valence-corrected chi connectivity index (χ2v) is 3.38. The molecule has 70 valence electrons. The Labute approximate surface area is 86.9 Å². The summed E-state index contributed by atoms with van der Waals surface area (Å²) in [5.41, 5.74) is 1.97. The van der Waals surface area contributed by atoms with Crippen molar-refractivity contribution in [2.45, 2.75) is 6.92 Å². The zero-order chi connectivity index (χ0) is 9.97. The molecule has 0 radical (unpaired) electrons. The van der Waals surface area contributed by atoms with Gasteiger partial charge in [-0.3, -0.25) is 4.98 Å². The molecule has 4 heteroatoms. The highest BCUT2D eigenvalue weighted by molar-refractivity contribution is 7.71. The van der Waals surface area contributed by atoms with E-state index in [1.807, 2.05) is 25.1 Å². The van der Waals surface area contributed by atoms with Crippen molar-refractivity contribution in [3.63, 3.8) is 0 Å². The van der Waals surface area contributed by atoms with Crippen LogP contribution in [-0.4, -0.2) is 15.0 Å². The summed E-state index contributed by atoms with van der Waals surface area (Å²) in [4.78, 5) is 11.3. The number of pyridine rings is 1. The van der Waals surface area contributed by atoms with E-state index in [1.54, 1.807) is 12.4 Å². The molecule has 3 nitrogen and oxygen atoms in total. The van der Waals surface area contributed by atoms with Crippen LogP contribution in [0.1, 0.15) is 5.82 Å². The van der Waals surface area contributed by atoms with E-state index in [-0.39, 0.29) is 0 Å². The van der Waals surface area contributed by atoms with E-state index in [0.29, 0.717) is 4.64 Å². The summed E-state index contributed by atoms with van der Waals surface area (Å²) in [6.45, 7) is 1.88. The van der Waals surface area contributed by atoms with Crippen LogP contribution in [0.2, 0.25) is 0 Å². The van der Waals surface area contributed by atoms with Crippen LogP contribution in [-0.2, 0) is 0 Å². The van der Waals surface area contributed by atoms with E-state index >= 15 is 0 Å². The zero-order valence-corrected chi connectivity index (χ0v) is 8.51. The minimum atomic E-state index is 0.597. The molecule has 2 aromatic heterocycles. The molecule has 2 aromatic rings. The van der Waals surface area contributed by atoms with Gasteiger partial charge in [0.25, 0.3) is 0 Å². The molecule has 14 heavy (non-hydrogen) atoms. The van der Waals surface area contributed by atoms with E-state index in [2.05, 4.69) is 15.0 Å². The second-order valence-electron chi connectivity index (χ2n) is 2.96. The normalized spacial score (nSPS) is 10.1. The molecule has 2 heterocycles. The Kier molecular flexibility index (Phi) is 2.37. The van der Waals surface area contributed by atoms with Gasteiger partial charge in [0.2, 0.25) is 0 Å². The summed E-state index contributed by atoms with van der Waals surface area (Å²) in [6, 6.07) is 5.70. The van der Waals surface area contributed by atoms with Gasteiger partial charge < -0.3 is 4.98 Å². The molecule has 1 N–H and O–H groups in total. The summed E-state index contributed by atoms with van der Waals surface area (Å²) in [7, 11) is 0. The van der Waals surface area contributed by atoms with Crippen LogP contribution >= 0.6 is 12.2 Å². The third-order valence-electron chi connectivity index (χ3n) is 1.83. The van der Waals surface area contributed by atoms with Gasteiger partial charge in [-0.15, -0.1) is 0 Å². The van der Waals surface area contributed by atoms with Gasteiger partial charge in [0.05, 0.1) is 5.69 Å². The third-order valence-corrected chi connectivity index (χ3v) is 2.04. The van der Waals surface area contributed by atoms with E-state index in [9.17, 15) is 0 Å². The van der Waals surface area contributed by atoms with Gasteiger partial charge in [0.15, 0.2) is 0 Å². The van der Waals surface area contributed by atoms with Gasteiger partial charge in [-0.2, -0.15) is 0 Å². The first-order valence-corrected chi connectivity index (χ1v) is 4.65. The van der Waals surface area contributed by atoms with Crippen LogP contribution < -0.4 is 0 Å². The van der Waals surface area contributed by atoms with Crippen LogP contribution in [0, 0.1) is 11.6 Å². The van der Waals surface area contributed by atoms with E-state index in [1.165, 1.54) is 0 Å². The molecule has 0 spiro atoms. The van der Waals surface area contributed by atoms with Gasteiger partial charge in [-0.25, -0.2) is 4.98 Å². The molecule has 0 aliphatic carbocycles. The molecule has 0 atom stereocenters. The van der Waals surface area contributed by atoms with Crippen LogP contribution in [0.3, 0.4) is 0 Å². The highest BCUT2D eigenvalue weighted by Crippen LogP contribution is 2.14. The number of rotatable bonds is 1. The number of H-pyrrole nitrogens is 1. The standard InChI is InChI=1S/C10H9N3S/c1-7-12-9(5-10(14)13-7)8-3-2-4-11-6-8/h2-6H,1H3,(H,12,13,14). The van der Waals surface area contributed by atoms with Crippen LogP contribution in [0.5, 0.6) is 0 Å². The first kappa shape index (κ1) is 9.02. The third kappa shape index (κ3) is 1.85. The molecule has 0 bridgehead atoms. The van der Waals surface area contributed by atoms with Gasteiger partial charge in [0, 0.05) is 18.0 Å². The Morgan fingerprint density at radius 1 is 1.43 bits per heavy atom. The quantitative estimate of drug-likeness (QED) is 0.724. The van der Waals surface area contributed by atoms with Crippen molar-refractivity contribution in [1.82, 2.24) is 15.0 Å². The summed E-state index contributed by atoms with van der Waals surface area (Å²) in [5.74, 6) is 0.816. The maximum Gasteiger partial charge on any atom is 0.130 e.